The summed E-state index contributed by atoms with van der Waals surface area (Å²) in [7, 11) is 1.57. The van der Waals surface area contributed by atoms with Crippen LogP contribution in [0.4, 0.5) is 0 Å². The highest BCUT2D eigenvalue weighted by molar-refractivity contribution is 5.86. The van der Waals surface area contributed by atoms with Gasteiger partial charge in [-0.05, 0) is 33.6 Å². The van der Waals surface area contributed by atoms with Crippen LogP contribution in [0.1, 0.15) is 33.6 Å². The smallest absolute Gasteiger partial charge is 0.329 e. The van der Waals surface area contributed by atoms with Crippen LogP contribution < -0.4 is 0 Å². The third-order valence-corrected chi connectivity index (χ3v) is 2.91. The van der Waals surface area contributed by atoms with Crippen LogP contribution in [-0.2, 0) is 23.8 Å². The van der Waals surface area contributed by atoms with Crippen LogP contribution in [0.15, 0.2) is 0 Å². The fraction of sp³-hybridized carbons (Fsp3) is 0.857. The first kappa shape index (κ1) is 16.9. The second kappa shape index (κ2) is 7.59. The molecule has 1 aliphatic rings. The Bertz CT molecular complexity index is 337. The molecule has 0 aliphatic carbocycles. The van der Waals surface area contributed by atoms with Crippen LogP contribution >= 0.6 is 0 Å². The number of esters is 1. The monoisotopic (exact) mass is 287 g/mol. The van der Waals surface area contributed by atoms with Gasteiger partial charge in [0.15, 0.2) is 0 Å². The zero-order valence-corrected chi connectivity index (χ0v) is 12.8. The second-order valence-corrected chi connectivity index (χ2v) is 5.82. The molecule has 0 unspecified atom stereocenters. The van der Waals surface area contributed by atoms with Gasteiger partial charge in [0.05, 0.1) is 13.2 Å². The van der Waals surface area contributed by atoms with E-state index in [-0.39, 0.29) is 18.5 Å². The molecule has 0 saturated carbocycles. The first-order chi connectivity index (χ1) is 9.35. The van der Waals surface area contributed by atoms with Crippen molar-refractivity contribution in [1.82, 2.24) is 4.90 Å². The molecule has 0 aromatic heterocycles. The third-order valence-electron chi connectivity index (χ3n) is 2.91. The summed E-state index contributed by atoms with van der Waals surface area (Å²) in [5.41, 5.74) is -0.538. The van der Waals surface area contributed by atoms with Gasteiger partial charge < -0.3 is 19.1 Å². The lowest BCUT2D eigenvalue weighted by atomic mass is 10.1. The van der Waals surface area contributed by atoms with Gasteiger partial charge in [-0.1, -0.05) is 0 Å². The van der Waals surface area contributed by atoms with Crippen LogP contribution in [0.2, 0.25) is 0 Å². The van der Waals surface area contributed by atoms with E-state index in [0.29, 0.717) is 26.2 Å². The maximum Gasteiger partial charge on any atom is 0.329 e. The quantitative estimate of drug-likeness (QED) is 0.538. The average Bonchev–Trinajstić information content (AvgIpc) is 2.81. The van der Waals surface area contributed by atoms with Crippen LogP contribution in [0, 0.1) is 0 Å². The molecule has 1 amide bonds. The van der Waals surface area contributed by atoms with E-state index in [2.05, 4.69) is 0 Å². The molecular weight excluding hydrogens is 262 g/mol. The van der Waals surface area contributed by atoms with Crippen molar-refractivity contribution in [2.24, 2.45) is 0 Å². The molecule has 0 bridgehead atoms. The lowest BCUT2D eigenvalue weighted by Gasteiger charge is -2.27. The number of carbonyl (C=O) groups is 2. The average molecular weight is 287 g/mol. The van der Waals surface area contributed by atoms with Gasteiger partial charge in [-0.15, -0.1) is 0 Å². The predicted molar refractivity (Wildman–Crippen MR) is 73.3 cm³/mol. The molecule has 0 spiro atoms. The van der Waals surface area contributed by atoms with Crippen LogP contribution in [0.3, 0.4) is 0 Å². The molecule has 0 aromatic rings. The normalized spacial score (nSPS) is 19.2. The van der Waals surface area contributed by atoms with Crippen LogP contribution in [0.5, 0.6) is 0 Å². The summed E-state index contributed by atoms with van der Waals surface area (Å²) < 4.78 is 15.4. The lowest BCUT2D eigenvalue weighted by Crippen LogP contribution is -2.45. The number of methoxy groups -OCH3 is 1. The standard InChI is InChI=1S/C14H25NO5/c1-14(2,3)20-13(17)11-6-5-7-15(11)12(16)10-19-9-8-18-4/h11H,5-10H2,1-4H3/t11-/m0/s1. The van der Waals surface area contributed by atoms with Crippen molar-refractivity contribution in [1.29, 1.82) is 0 Å². The van der Waals surface area contributed by atoms with Gasteiger partial charge in [0.1, 0.15) is 18.2 Å². The van der Waals surface area contributed by atoms with Crippen LogP contribution in [-0.4, -0.2) is 61.9 Å². The van der Waals surface area contributed by atoms with E-state index >= 15 is 0 Å². The molecule has 1 atom stereocenters. The highest BCUT2D eigenvalue weighted by atomic mass is 16.6. The van der Waals surface area contributed by atoms with E-state index in [9.17, 15) is 9.59 Å². The van der Waals surface area contributed by atoms with Crippen molar-refractivity contribution in [3.8, 4) is 0 Å². The zero-order valence-electron chi connectivity index (χ0n) is 12.8. The Labute approximate surface area is 120 Å². The fourth-order valence-corrected chi connectivity index (χ4v) is 2.06. The minimum atomic E-state index is -0.538. The lowest BCUT2D eigenvalue weighted by molar-refractivity contribution is -0.164. The zero-order chi connectivity index (χ0) is 15.2. The van der Waals surface area contributed by atoms with Gasteiger partial charge in [0.2, 0.25) is 5.91 Å². The van der Waals surface area contributed by atoms with Crippen LogP contribution in [0.25, 0.3) is 0 Å². The molecule has 1 fully saturated rings. The molecule has 0 N–H and O–H groups in total. The summed E-state index contributed by atoms with van der Waals surface area (Å²) >= 11 is 0. The van der Waals surface area contributed by atoms with Gasteiger partial charge >= 0.3 is 5.97 Å². The van der Waals surface area contributed by atoms with E-state index < -0.39 is 11.6 Å². The topological polar surface area (TPSA) is 65.1 Å². The third kappa shape index (κ3) is 5.46. The Kier molecular flexibility index (Phi) is 6.42. The summed E-state index contributed by atoms with van der Waals surface area (Å²) in [6.07, 6.45) is 1.46. The summed E-state index contributed by atoms with van der Waals surface area (Å²) in [5.74, 6) is -0.505. The van der Waals surface area contributed by atoms with Crippen molar-refractivity contribution in [2.75, 3.05) is 33.5 Å². The molecule has 0 aromatic carbocycles. The van der Waals surface area contributed by atoms with Crippen molar-refractivity contribution in [3.63, 3.8) is 0 Å². The van der Waals surface area contributed by atoms with Crippen molar-refractivity contribution in [3.05, 3.63) is 0 Å². The number of nitrogens with zero attached hydrogens (tertiary/aromatic N) is 1. The maximum atomic E-state index is 12.1. The fourth-order valence-electron chi connectivity index (χ4n) is 2.06. The largest absolute Gasteiger partial charge is 0.458 e. The Morgan fingerprint density at radius 3 is 2.55 bits per heavy atom. The molecule has 1 aliphatic heterocycles. The van der Waals surface area contributed by atoms with E-state index in [0.717, 1.165) is 6.42 Å². The molecule has 6 nitrogen and oxygen atoms in total. The summed E-state index contributed by atoms with van der Waals surface area (Å²) in [4.78, 5) is 25.7. The van der Waals surface area contributed by atoms with E-state index in [1.54, 1.807) is 12.0 Å². The van der Waals surface area contributed by atoms with E-state index in [1.807, 2.05) is 20.8 Å². The SMILES string of the molecule is COCCOCC(=O)N1CCC[C@H]1C(=O)OC(C)(C)C. The number of hydrogen-bond acceptors (Lipinski definition) is 5. The maximum absolute atomic E-state index is 12.1. The summed E-state index contributed by atoms with van der Waals surface area (Å²) in [5, 5.41) is 0. The summed E-state index contributed by atoms with van der Waals surface area (Å²) in [6.45, 7) is 6.83. The van der Waals surface area contributed by atoms with Crippen molar-refractivity contribution >= 4 is 11.9 Å². The Morgan fingerprint density at radius 1 is 1.25 bits per heavy atom. The Balaban J connectivity index is 2.47. The summed E-state index contributed by atoms with van der Waals surface area (Å²) in [6, 6.07) is -0.479. The number of amides is 1. The highest BCUT2D eigenvalue weighted by Crippen LogP contribution is 2.21. The van der Waals surface area contributed by atoms with Crippen molar-refractivity contribution < 1.29 is 23.8 Å². The molecule has 1 rings (SSSR count). The van der Waals surface area contributed by atoms with Gasteiger partial charge in [0.25, 0.3) is 0 Å². The predicted octanol–water partition coefficient (Wildman–Crippen LogP) is 0.982. The van der Waals surface area contributed by atoms with E-state index in [4.69, 9.17) is 14.2 Å². The number of ether oxygens (including phenoxy) is 3. The molecule has 20 heavy (non-hydrogen) atoms. The van der Waals surface area contributed by atoms with E-state index in [1.165, 1.54) is 0 Å². The van der Waals surface area contributed by atoms with Gasteiger partial charge in [-0.2, -0.15) is 0 Å². The van der Waals surface area contributed by atoms with Crippen molar-refractivity contribution in [2.45, 2.75) is 45.3 Å². The minimum Gasteiger partial charge on any atom is -0.458 e. The molecule has 1 heterocycles. The second-order valence-electron chi connectivity index (χ2n) is 5.82. The number of rotatable bonds is 6. The van der Waals surface area contributed by atoms with Gasteiger partial charge in [-0.25, -0.2) is 4.79 Å². The number of likely N-dealkylation sites (tertiary alicyclic amines) is 1. The molecular formula is C14H25NO5. The van der Waals surface area contributed by atoms with Gasteiger partial charge in [0, 0.05) is 13.7 Å². The number of carbonyl (C=O) groups excluding carboxylic acids is 2. The van der Waals surface area contributed by atoms with Gasteiger partial charge in [-0.3, -0.25) is 4.79 Å². The molecule has 116 valence electrons. The first-order valence-electron chi connectivity index (χ1n) is 6.94. The molecule has 6 heteroatoms. The Hall–Kier alpha value is -1.14. The minimum absolute atomic E-state index is 0.0251. The molecule has 1 saturated heterocycles. The number of hydrogen-bond donors (Lipinski definition) is 0. The first-order valence-corrected chi connectivity index (χ1v) is 6.94. The molecule has 0 radical (unpaired) electrons. The highest BCUT2D eigenvalue weighted by Gasteiger charge is 2.36. The Morgan fingerprint density at radius 2 is 1.95 bits per heavy atom.